The minimum absolute atomic E-state index is 0.323. The molecule has 3 atom stereocenters. The molecular formula is C33H65NO4. The molecule has 0 spiro atoms. The van der Waals surface area contributed by atoms with E-state index >= 15 is 0 Å². The van der Waals surface area contributed by atoms with E-state index in [2.05, 4.69) is 25.2 Å². The van der Waals surface area contributed by atoms with Crippen LogP contribution in [0.25, 0.3) is 0 Å². The molecule has 0 heterocycles. The van der Waals surface area contributed by atoms with E-state index in [4.69, 9.17) is 0 Å². The SMILES string of the molecule is CCCCCC/C=C\CCC(O)C(=O)NC(CO)C(O)CCCCCCCCCCCCCCCCCC. The number of unbranched alkanes of at least 4 members (excludes halogenated alkanes) is 19. The van der Waals surface area contributed by atoms with Crippen LogP contribution < -0.4 is 5.32 Å². The number of allylic oxidation sites excluding steroid dienone is 2. The van der Waals surface area contributed by atoms with Gasteiger partial charge in [-0.3, -0.25) is 4.79 Å². The lowest BCUT2D eigenvalue weighted by atomic mass is 10.0. The summed E-state index contributed by atoms with van der Waals surface area (Å²) in [6.07, 6.45) is 30.7. The second kappa shape index (κ2) is 29.1. The van der Waals surface area contributed by atoms with Gasteiger partial charge in [0.2, 0.25) is 5.91 Å². The van der Waals surface area contributed by atoms with Gasteiger partial charge in [-0.25, -0.2) is 0 Å². The van der Waals surface area contributed by atoms with Gasteiger partial charge < -0.3 is 20.6 Å². The first-order valence-electron chi connectivity index (χ1n) is 16.5. The molecule has 0 aliphatic rings. The Balaban J connectivity index is 3.70. The first-order valence-corrected chi connectivity index (χ1v) is 16.5. The van der Waals surface area contributed by atoms with Gasteiger partial charge >= 0.3 is 0 Å². The smallest absolute Gasteiger partial charge is 0.249 e. The van der Waals surface area contributed by atoms with Gasteiger partial charge in [0.25, 0.3) is 0 Å². The molecule has 0 aromatic carbocycles. The van der Waals surface area contributed by atoms with Gasteiger partial charge in [0, 0.05) is 0 Å². The van der Waals surface area contributed by atoms with Crippen molar-refractivity contribution in [2.45, 2.75) is 186 Å². The topological polar surface area (TPSA) is 89.8 Å². The molecule has 0 saturated heterocycles. The first kappa shape index (κ1) is 37.1. The maximum Gasteiger partial charge on any atom is 0.249 e. The van der Waals surface area contributed by atoms with E-state index in [9.17, 15) is 20.1 Å². The highest BCUT2D eigenvalue weighted by atomic mass is 16.3. The monoisotopic (exact) mass is 539 g/mol. The van der Waals surface area contributed by atoms with Gasteiger partial charge in [-0.05, 0) is 32.1 Å². The predicted octanol–water partition coefficient (Wildman–Crippen LogP) is 8.14. The fourth-order valence-electron chi connectivity index (χ4n) is 4.96. The van der Waals surface area contributed by atoms with Crippen molar-refractivity contribution >= 4 is 5.91 Å². The van der Waals surface area contributed by atoms with Crippen molar-refractivity contribution < 1.29 is 20.1 Å². The highest BCUT2D eigenvalue weighted by Crippen LogP contribution is 2.15. The summed E-state index contributed by atoms with van der Waals surface area (Å²) in [6, 6.07) is -0.720. The number of hydrogen-bond acceptors (Lipinski definition) is 4. The van der Waals surface area contributed by atoms with Crippen LogP contribution in [0.15, 0.2) is 12.2 Å². The Labute approximate surface area is 236 Å². The highest BCUT2D eigenvalue weighted by molar-refractivity contribution is 5.80. The molecule has 0 radical (unpaired) electrons. The van der Waals surface area contributed by atoms with E-state index in [1.54, 1.807) is 0 Å². The van der Waals surface area contributed by atoms with E-state index in [-0.39, 0.29) is 6.61 Å². The molecule has 0 aromatic heterocycles. The maximum atomic E-state index is 12.3. The molecule has 38 heavy (non-hydrogen) atoms. The predicted molar refractivity (Wildman–Crippen MR) is 162 cm³/mol. The highest BCUT2D eigenvalue weighted by Gasteiger charge is 2.23. The molecule has 5 nitrogen and oxygen atoms in total. The van der Waals surface area contributed by atoms with E-state index in [1.807, 2.05) is 6.08 Å². The second-order valence-corrected chi connectivity index (χ2v) is 11.4. The Kier molecular flexibility index (Phi) is 28.4. The molecule has 0 rings (SSSR count). The Morgan fingerprint density at radius 2 is 1.03 bits per heavy atom. The van der Waals surface area contributed by atoms with E-state index in [0.717, 1.165) is 19.3 Å². The molecule has 5 heteroatoms. The molecule has 226 valence electrons. The number of hydrogen-bond donors (Lipinski definition) is 4. The van der Waals surface area contributed by atoms with Crippen molar-refractivity contribution in [3.63, 3.8) is 0 Å². The zero-order valence-electron chi connectivity index (χ0n) is 25.3. The van der Waals surface area contributed by atoms with E-state index in [1.165, 1.54) is 116 Å². The number of carbonyl (C=O) groups is 1. The molecule has 0 aliphatic heterocycles. The van der Waals surface area contributed by atoms with Gasteiger partial charge in [0.15, 0.2) is 0 Å². The first-order chi connectivity index (χ1) is 18.6. The summed E-state index contributed by atoms with van der Waals surface area (Å²) in [5.41, 5.74) is 0. The molecule has 0 saturated carbocycles. The minimum atomic E-state index is -1.11. The zero-order chi connectivity index (χ0) is 28.1. The molecule has 0 bridgehead atoms. The summed E-state index contributed by atoms with van der Waals surface area (Å²) < 4.78 is 0. The second-order valence-electron chi connectivity index (χ2n) is 11.4. The van der Waals surface area contributed by atoms with Gasteiger partial charge in [0.05, 0.1) is 18.8 Å². The zero-order valence-corrected chi connectivity index (χ0v) is 25.3. The summed E-state index contributed by atoms with van der Waals surface area (Å²) in [4.78, 5) is 12.3. The lowest BCUT2D eigenvalue weighted by Crippen LogP contribution is -2.49. The number of amides is 1. The standard InChI is InChI=1S/C33H65NO4/c1-3-5-7-9-11-13-14-15-16-17-18-19-20-22-23-25-27-31(36)30(29-35)34-33(38)32(37)28-26-24-21-12-10-8-6-4-2/h21,24,30-32,35-37H,3-20,22-23,25-29H2,1-2H3,(H,34,38)/b24-21-. The molecule has 4 N–H and O–H groups in total. The Morgan fingerprint density at radius 1 is 0.605 bits per heavy atom. The number of carbonyl (C=O) groups excluding carboxylic acids is 1. The van der Waals surface area contributed by atoms with Gasteiger partial charge in [-0.2, -0.15) is 0 Å². The average molecular weight is 540 g/mol. The molecule has 3 unspecified atom stereocenters. The van der Waals surface area contributed by atoms with Gasteiger partial charge in [-0.15, -0.1) is 0 Å². The van der Waals surface area contributed by atoms with E-state index in [0.29, 0.717) is 19.3 Å². The van der Waals surface area contributed by atoms with Crippen LogP contribution in [0.5, 0.6) is 0 Å². The fraction of sp³-hybridized carbons (Fsp3) is 0.909. The van der Waals surface area contributed by atoms with Crippen molar-refractivity contribution in [2.75, 3.05) is 6.61 Å². The average Bonchev–Trinajstić information content (AvgIpc) is 2.92. The minimum Gasteiger partial charge on any atom is -0.394 e. The normalized spacial score (nSPS) is 14.1. The van der Waals surface area contributed by atoms with Crippen molar-refractivity contribution in [3.8, 4) is 0 Å². The maximum absolute atomic E-state index is 12.3. The Morgan fingerprint density at radius 3 is 1.50 bits per heavy atom. The van der Waals surface area contributed by atoms with Crippen LogP contribution in [0.4, 0.5) is 0 Å². The van der Waals surface area contributed by atoms with Gasteiger partial charge in [-0.1, -0.05) is 148 Å². The third-order valence-electron chi connectivity index (χ3n) is 7.64. The van der Waals surface area contributed by atoms with Crippen molar-refractivity contribution in [1.29, 1.82) is 0 Å². The van der Waals surface area contributed by atoms with E-state index < -0.39 is 24.2 Å². The molecule has 0 fully saturated rings. The third-order valence-corrected chi connectivity index (χ3v) is 7.64. The largest absolute Gasteiger partial charge is 0.394 e. The third kappa shape index (κ3) is 24.2. The lowest BCUT2D eigenvalue weighted by molar-refractivity contribution is -0.131. The van der Waals surface area contributed by atoms with Crippen molar-refractivity contribution in [3.05, 3.63) is 12.2 Å². The molecule has 1 amide bonds. The lowest BCUT2D eigenvalue weighted by Gasteiger charge is -2.23. The number of rotatable bonds is 29. The van der Waals surface area contributed by atoms with Crippen LogP contribution in [0, 0.1) is 0 Å². The molecule has 0 aliphatic carbocycles. The van der Waals surface area contributed by atoms with Crippen molar-refractivity contribution in [2.24, 2.45) is 0 Å². The van der Waals surface area contributed by atoms with Crippen molar-refractivity contribution in [1.82, 2.24) is 5.32 Å². The molecule has 0 aromatic rings. The summed E-state index contributed by atoms with van der Waals surface area (Å²) >= 11 is 0. The summed E-state index contributed by atoms with van der Waals surface area (Å²) in [5, 5.41) is 32.8. The Bertz CT molecular complexity index is 525. The summed E-state index contributed by atoms with van der Waals surface area (Å²) in [7, 11) is 0. The number of aliphatic hydroxyl groups excluding tert-OH is 3. The van der Waals surface area contributed by atoms with Crippen LogP contribution in [0.3, 0.4) is 0 Å². The molecular weight excluding hydrogens is 474 g/mol. The van der Waals surface area contributed by atoms with Crippen LogP contribution in [0.1, 0.15) is 168 Å². The summed E-state index contributed by atoms with van der Waals surface area (Å²) in [6.45, 7) is 4.15. The number of nitrogens with one attached hydrogen (secondary N) is 1. The van der Waals surface area contributed by atoms with Crippen LogP contribution in [-0.2, 0) is 4.79 Å². The Hall–Kier alpha value is -0.910. The number of aliphatic hydroxyl groups is 3. The fourth-order valence-corrected chi connectivity index (χ4v) is 4.96. The van der Waals surface area contributed by atoms with Crippen LogP contribution in [0.2, 0.25) is 0 Å². The van der Waals surface area contributed by atoms with Gasteiger partial charge in [0.1, 0.15) is 6.10 Å². The van der Waals surface area contributed by atoms with Crippen LogP contribution in [-0.4, -0.2) is 46.1 Å². The summed E-state index contributed by atoms with van der Waals surface area (Å²) in [5.74, 6) is -0.508. The quantitative estimate of drug-likeness (QED) is 0.0570. The van der Waals surface area contributed by atoms with Crippen LogP contribution >= 0.6 is 0 Å².